The number of ether oxygens (including phenoxy) is 1. The molecule has 8 aliphatic rings. The molecule has 4 nitrogen and oxygen atoms in total. The average molecular weight is 452 g/mol. The summed E-state index contributed by atoms with van der Waals surface area (Å²) in [5.41, 5.74) is 1.37. The van der Waals surface area contributed by atoms with E-state index in [4.69, 9.17) is 9.73 Å². The van der Waals surface area contributed by atoms with Gasteiger partial charge in [0.05, 0.1) is 5.92 Å². The minimum atomic E-state index is 0.0675. The zero-order chi connectivity index (χ0) is 22.5. The molecule has 6 atom stereocenters. The predicted octanol–water partition coefficient (Wildman–Crippen LogP) is 5.63. The van der Waals surface area contributed by atoms with Crippen LogP contribution in [-0.2, 0) is 14.3 Å². The Morgan fingerprint density at radius 3 is 2.39 bits per heavy atom. The molecule has 1 heterocycles. The Balaban J connectivity index is 1.10. The number of esters is 1. The van der Waals surface area contributed by atoms with E-state index in [-0.39, 0.29) is 28.8 Å². The Kier molecular flexibility index (Phi) is 4.59. The summed E-state index contributed by atoms with van der Waals surface area (Å²) in [6.45, 7) is 5.68. The summed E-state index contributed by atoms with van der Waals surface area (Å²) < 4.78 is 6.47. The van der Waals surface area contributed by atoms with Gasteiger partial charge in [-0.05, 0) is 111 Å². The van der Waals surface area contributed by atoms with Gasteiger partial charge in [0.2, 0.25) is 0 Å². The third kappa shape index (κ3) is 2.97. The molecule has 180 valence electrons. The summed E-state index contributed by atoms with van der Waals surface area (Å²) in [6.07, 6.45) is 13.6. The maximum absolute atomic E-state index is 13.7. The molecule has 4 bridgehead atoms. The molecule has 0 unspecified atom stereocenters. The molecule has 0 N–H and O–H groups in total. The second-order valence-corrected chi connectivity index (χ2v) is 13.8. The van der Waals surface area contributed by atoms with E-state index >= 15 is 0 Å². The highest BCUT2D eigenvalue weighted by Crippen LogP contribution is 2.64. The number of fused-ring (bicyclic) bond motifs is 5. The minimum Gasteiger partial charge on any atom is -0.462 e. The zero-order valence-electron chi connectivity index (χ0n) is 20.6. The van der Waals surface area contributed by atoms with Crippen LogP contribution < -0.4 is 0 Å². The van der Waals surface area contributed by atoms with Crippen LogP contribution in [0.5, 0.6) is 0 Å². The normalized spacial score (nSPS) is 54.3. The van der Waals surface area contributed by atoms with Gasteiger partial charge in [0.15, 0.2) is 0 Å². The minimum absolute atomic E-state index is 0.0675. The summed E-state index contributed by atoms with van der Waals surface area (Å²) in [4.78, 5) is 30.8. The maximum atomic E-state index is 13.7. The Hall–Kier alpha value is -1.19. The summed E-state index contributed by atoms with van der Waals surface area (Å²) in [6, 6.07) is 0. The fourth-order valence-electron chi connectivity index (χ4n) is 10.9. The van der Waals surface area contributed by atoms with Crippen molar-refractivity contribution in [2.75, 3.05) is 6.54 Å². The Morgan fingerprint density at radius 2 is 1.67 bits per heavy atom. The van der Waals surface area contributed by atoms with Gasteiger partial charge in [0.1, 0.15) is 11.9 Å². The molecule has 0 aromatic carbocycles. The molecule has 0 saturated heterocycles. The summed E-state index contributed by atoms with van der Waals surface area (Å²) >= 11 is 0. The van der Waals surface area contributed by atoms with Gasteiger partial charge < -0.3 is 4.74 Å². The fourth-order valence-corrected chi connectivity index (χ4v) is 10.9. The molecule has 7 fully saturated rings. The number of hydrogen-bond donors (Lipinski definition) is 0. The predicted molar refractivity (Wildman–Crippen MR) is 127 cm³/mol. The van der Waals surface area contributed by atoms with E-state index in [0.29, 0.717) is 41.8 Å². The smallest absolute Gasteiger partial charge is 0.309 e. The van der Waals surface area contributed by atoms with Crippen LogP contribution in [-0.4, -0.2) is 30.1 Å². The molecule has 7 aliphatic carbocycles. The lowest BCUT2D eigenvalue weighted by molar-refractivity contribution is -0.181. The highest BCUT2D eigenvalue weighted by atomic mass is 16.5. The van der Waals surface area contributed by atoms with E-state index in [1.807, 2.05) is 0 Å². The standard InChI is InChI=1S/C29H41NO3/c1-28-8-6-23-21(15-30-25-14-20(31)5-7-29(23,25)2)22(28)3-4-24(28)27(32)33-26-18-10-16-9-17(12-18)13-19(26)11-16/h16-19,21-24,26H,3-15H2,1-2H3/t16?,17?,18?,19?,21-,22-,23-,24+,26?,28-,29+/m0/s1. The Morgan fingerprint density at radius 1 is 0.939 bits per heavy atom. The molecule has 33 heavy (non-hydrogen) atoms. The van der Waals surface area contributed by atoms with Crippen LogP contribution in [0.4, 0.5) is 0 Å². The monoisotopic (exact) mass is 451 g/mol. The van der Waals surface area contributed by atoms with Crippen molar-refractivity contribution in [1.82, 2.24) is 0 Å². The highest BCUT2D eigenvalue weighted by Gasteiger charge is 2.61. The molecule has 0 aromatic heterocycles. The quantitative estimate of drug-likeness (QED) is 0.512. The number of hydrogen-bond acceptors (Lipinski definition) is 4. The molecule has 0 radical (unpaired) electrons. The van der Waals surface area contributed by atoms with Gasteiger partial charge in [-0.25, -0.2) is 0 Å². The van der Waals surface area contributed by atoms with Crippen LogP contribution in [0.1, 0.15) is 90.9 Å². The lowest BCUT2D eigenvalue weighted by Gasteiger charge is -2.56. The number of ketones is 1. The van der Waals surface area contributed by atoms with Gasteiger partial charge >= 0.3 is 5.97 Å². The molecule has 8 rings (SSSR count). The van der Waals surface area contributed by atoms with E-state index in [0.717, 1.165) is 50.5 Å². The first-order valence-corrected chi connectivity index (χ1v) is 14.1. The average Bonchev–Trinajstić information content (AvgIpc) is 3.13. The topological polar surface area (TPSA) is 55.7 Å². The van der Waals surface area contributed by atoms with Crippen LogP contribution >= 0.6 is 0 Å². The van der Waals surface area contributed by atoms with Crippen LogP contribution in [0.3, 0.4) is 0 Å². The van der Waals surface area contributed by atoms with Crippen molar-refractivity contribution in [2.24, 2.45) is 63.2 Å². The van der Waals surface area contributed by atoms with Crippen molar-refractivity contribution in [1.29, 1.82) is 0 Å². The summed E-state index contributed by atoms with van der Waals surface area (Å²) in [5.74, 6) is 5.50. The van der Waals surface area contributed by atoms with Gasteiger partial charge in [-0.1, -0.05) is 13.8 Å². The highest BCUT2D eigenvalue weighted by molar-refractivity contribution is 6.07. The second-order valence-electron chi connectivity index (χ2n) is 13.8. The van der Waals surface area contributed by atoms with Crippen molar-refractivity contribution in [3.63, 3.8) is 0 Å². The van der Waals surface area contributed by atoms with Crippen LogP contribution in [0, 0.1) is 58.2 Å². The van der Waals surface area contributed by atoms with Crippen molar-refractivity contribution in [3.8, 4) is 0 Å². The SMILES string of the molecule is C[C@]12CC[C@H]3[C@@H](CN=C4CC(=O)CC[C@@]43C)[C@@H]1CC[C@@H]2C(=O)OC1C2CC3CC(C2)CC1C3. The van der Waals surface area contributed by atoms with Crippen LogP contribution in [0.25, 0.3) is 0 Å². The molecule has 0 aromatic rings. The van der Waals surface area contributed by atoms with E-state index in [2.05, 4.69) is 13.8 Å². The van der Waals surface area contributed by atoms with Crippen LogP contribution in [0.2, 0.25) is 0 Å². The third-order valence-corrected chi connectivity index (χ3v) is 12.4. The zero-order valence-corrected chi connectivity index (χ0v) is 20.6. The first kappa shape index (κ1) is 21.1. The van der Waals surface area contributed by atoms with Gasteiger partial charge in [-0.15, -0.1) is 0 Å². The first-order valence-electron chi connectivity index (χ1n) is 14.1. The van der Waals surface area contributed by atoms with Gasteiger partial charge in [-0.3, -0.25) is 14.6 Å². The fraction of sp³-hybridized carbons (Fsp3) is 0.897. The van der Waals surface area contributed by atoms with Crippen molar-refractivity contribution < 1.29 is 14.3 Å². The van der Waals surface area contributed by atoms with E-state index in [9.17, 15) is 9.59 Å². The second kappa shape index (κ2) is 7.17. The summed E-state index contributed by atoms with van der Waals surface area (Å²) in [7, 11) is 0. The van der Waals surface area contributed by atoms with Crippen molar-refractivity contribution in [2.45, 2.75) is 97.0 Å². The number of rotatable bonds is 2. The Labute approximate surface area is 198 Å². The van der Waals surface area contributed by atoms with Gasteiger partial charge in [0.25, 0.3) is 0 Å². The lowest BCUT2D eigenvalue weighted by Crippen LogP contribution is -2.55. The van der Waals surface area contributed by atoms with E-state index < -0.39 is 0 Å². The van der Waals surface area contributed by atoms with E-state index in [1.165, 1.54) is 44.2 Å². The number of aliphatic imine (C=N–C) groups is 1. The first-order chi connectivity index (χ1) is 15.8. The van der Waals surface area contributed by atoms with Gasteiger partial charge in [0, 0.05) is 30.5 Å². The number of nitrogens with zero attached hydrogens (tertiary/aromatic N) is 1. The molecule has 1 aliphatic heterocycles. The molecular weight excluding hydrogens is 410 g/mol. The third-order valence-electron chi connectivity index (χ3n) is 12.4. The van der Waals surface area contributed by atoms with Crippen molar-refractivity contribution in [3.05, 3.63) is 0 Å². The van der Waals surface area contributed by atoms with Gasteiger partial charge in [-0.2, -0.15) is 0 Å². The Bertz CT molecular complexity index is 881. The molecule has 0 spiro atoms. The molecule has 4 heteroatoms. The largest absolute Gasteiger partial charge is 0.462 e. The number of carbonyl (C=O) groups excluding carboxylic acids is 2. The molecule has 0 amide bonds. The number of Topliss-reactive ketones (excluding diaryl/α,β-unsaturated/α-hetero) is 1. The van der Waals surface area contributed by atoms with Crippen LogP contribution in [0.15, 0.2) is 4.99 Å². The molecule has 7 saturated carbocycles. The lowest BCUT2D eigenvalue weighted by atomic mass is 9.49. The van der Waals surface area contributed by atoms with Crippen molar-refractivity contribution >= 4 is 17.5 Å². The summed E-state index contributed by atoms with van der Waals surface area (Å²) in [5, 5.41) is 0. The van der Waals surface area contributed by atoms with E-state index in [1.54, 1.807) is 0 Å². The molecular formula is C29H41NO3. The number of carbonyl (C=O) groups is 2. The maximum Gasteiger partial charge on any atom is 0.309 e.